The molecule has 0 radical (unpaired) electrons. The van der Waals surface area contributed by atoms with Crippen LogP contribution in [-0.4, -0.2) is 11.5 Å². The highest BCUT2D eigenvalue weighted by Gasteiger charge is 2.10. The van der Waals surface area contributed by atoms with Gasteiger partial charge in [0.25, 0.3) is 0 Å². The molecule has 0 spiro atoms. The molecule has 0 atom stereocenters. The van der Waals surface area contributed by atoms with Crippen LogP contribution >= 0.6 is 0 Å². The third-order valence-corrected chi connectivity index (χ3v) is 2.95. The van der Waals surface area contributed by atoms with E-state index in [2.05, 4.69) is 30.2 Å². The molecule has 0 saturated carbocycles. The maximum atomic E-state index is 5.92. The summed E-state index contributed by atoms with van der Waals surface area (Å²) in [6.45, 7) is 7.88. The molecule has 0 bridgehead atoms. The molecule has 100 valence electrons. The smallest absolute Gasteiger partial charge is 0.224 e. The third-order valence-electron chi connectivity index (χ3n) is 2.95. The summed E-state index contributed by atoms with van der Waals surface area (Å²) in [5, 5.41) is 3.33. The molecule has 0 aliphatic heterocycles. The van der Waals surface area contributed by atoms with E-state index in [0.29, 0.717) is 5.88 Å². The number of nitrogens with one attached hydrogen (secondary N) is 1. The average molecular weight is 256 g/mol. The number of benzene rings is 1. The summed E-state index contributed by atoms with van der Waals surface area (Å²) in [6.07, 6.45) is 0. The summed E-state index contributed by atoms with van der Waals surface area (Å²) in [5.74, 6) is 1.52. The third kappa shape index (κ3) is 3.55. The molecule has 19 heavy (non-hydrogen) atoms. The Morgan fingerprint density at radius 2 is 1.89 bits per heavy atom. The van der Waals surface area contributed by atoms with Crippen molar-refractivity contribution in [3.05, 3.63) is 53.2 Å². The van der Waals surface area contributed by atoms with Gasteiger partial charge in [-0.05, 0) is 44.2 Å². The van der Waals surface area contributed by atoms with Crippen molar-refractivity contribution < 1.29 is 4.74 Å². The monoisotopic (exact) mass is 256 g/mol. The highest BCUT2D eigenvalue weighted by Crippen LogP contribution is 2.26. The van der Waals surface area contributed by atoms with E-state index in [1.807, 2.05) is 37.3 Å². The van der Waals surface area contributed by atoms with Gasteiger partial charge in [-0.2, -0.15) is 0 Å². The quantitative estimate of drug-likeness (QED) is 0.887. The van der Waals surface area contributed by atoms with Crippen LogP contribution in [0.1, 0.15) is 23.7 Å². The van der Waals surface area contributed by atoms with Gasteiger partial charge in [0.2, 0.25) is 5.88 Å². The van der Waals surface area contributed by atoms with Crippen LogP contribution in [0.4, 0.5) is 0 Å². The van der Waals surface area contributed by atoms with Crippen molar-refractivity contribution in [3.63, 3.8) is 0 Å². The van der Waals surface area contributed by atoms with Crippen molar-refractivity contribution >= 4 is 0 Å². The second kappa shape index (κ2) is 6.34. The standard InChI is InChI=1S/C16H20N2O/c1-4-17-11-15-12(2)10-13(3)18-16(15)19-14-8-6-5-7-9-14/h5-10,17H,4,11H2,1-3H3. The average Bonchev–Trinajstić information content (AvgIpc) is 2.39. The Hall–Kier alpha value is -1.87. The van der Waals surface area contributed by atoms with E-state index >= 15 is 0 Å². The second-order valence-electron chi connectivity index (χ2n) is 4.56. The summed E-state index contributed by atoms with van der Waals surface area (Å²) >= 11 is 0. The molecule has 0 amide bonds. The number of ether oxygens (including phenoxy) is 1. The van der Waals surface area contributed by atoms with Gasteiger partial charge in [0.05, 0.1) is 0 Å². The van der Waals surface area contributed by atoms with Gasteiger partial charge in [-0.25, -0.2) is 4.98 Å². The predicted molar refractivity (Wildman–Crippen MR) is 77.6 cm³/mol. The second-order valence-corrected chi connectivity index (χ2v) is 4.56. The Labute approximate surface area is 114 Å². The van der Waals surface area contributed by atoms with Crippen LogP contribution < -0.4 is 10.1 Å². The van der Waals surface area contributed by atoms with Gasteiger partial charge in [-0.1, -0.05) is 25.1 Å². The summed E-state index contributed by atoms with van der Waals surface area (Å²) in [7, 11) is 0. The first kappa shape index (κ1) is 13.6. The lowest BCUT2D eigenvalue weighted by atomic mass is 10.1. The normalized spacial score (nSPS) is 10.5. The van der Waals surface area contributed by atoms with E-state index in [0.717, 1.165) is 30.1 Å². The zero-order valence-corrected chi connectivity index (χ0v) is 11.7. The number of aryl methyl sites for hydroxylation is 2. The molecule has 0 fully saturated rings. The Bertz CT molecular complexity index is 538. The van der Waals surface area contributed by atoms with Crippen molar-refractivity contribution in [2.75, 3.05) is 6.54 Å². The van der Waals surface area contributed by atoms with E-state index in [-0.39, 0.29) is 0 Å². The fourth-order valence-electron chi connectivity index (χ4n) is 1.98. The zero-order chi connectivity index (χ0) is 13.7. The number of aromatic nitrogens is 1. The molecule has 2 aromatic rings. The number of nitrogens with zero attached hydrogens (tertiary/aromatic N) is 1. The summed E-state index contributed by atoms with van der Waals surface area (Å²) in [6, 6.07) is 11.9. The lowest BCUT2D eigenvalue weighted by molar-refractivity contribution is 0.451. The fraction of sp³-hybridized carbons (Fsp3) is 0.312. The molecule has 0 aliphatic carbocycles. The zero-order valence-electron chi connectivity index (χ0n) is 11.7. The first-order chi connectivity index (χ1) is 9.20. The molecular formula is C16H20N2O. The largest absolute Gasteiger partial charge is 0.439 e. The number of hydrogen-bond acceptors (Lipinski definition) is 3. The number of pyridine rings is 1. The van der Waals surface area contributed by atoms with Crippen LogP contribution in [0.2, 0.25) is 0 Å². The van der Waals surface area contributed by atoms with Crippen LogP contribution in [0.3, 0.4) is 0 Å². The molecule has 3 nitrogen and oxygen atoms in total. The lowest BCUT2D eigenvalue weighted by Gasteiger charge is -2.14. The summed E-state index contributed by atoms with van der Waals surface area (Å²) < 4.78 is 5.92. The van der Waals surface area contributed by atoms with E-state index < -0.39 is 0 Å². The van der Waals surface area contributed by atoms with Crippen LogP contribution in [-0.2, 0) is 6.54 Å². The van der Waals surface area contributed by atoms with E-state index in [4.69, 9.17) is 4.74 Å². The minimum absolute atomic E-state index is 0.699. The van der Waals surface area contributed by atoms with Crippen LogP contribution in [0.25, 0.3) is 0 Å². The Morgan fingerprint density at radius 3 is 2.58 bits per heavy atom. The highest BCUT2D eigenvalue weighted by atomic mass is 16.5. The van der Waals surface area contributed by atoms with Crippen molar-refractivity contribution in [2.45, 2.75) is 27.3 Å². The van der Waals surface area contributed by atoms with Crippen molar-refractivity contribution in [1.29, 1.82) is 0 Å². The van der Waals surface area contributed by atoms with Crippen molar-refractivity contribution in [2.24, 2.45) is 0 Å². The van der Waals surface area contributed by atoms with Gasteiger partial charge in [0.1, 0.15) is 5.75 Å². The van der Waals surface area contributed by atoms with Gasteiger partial charge in [-0.3, -0.25) is 0 Å². The van der Waals surface area contributed by atoms with Crippen molar-refractivity contribution in [3.8, 4) is 11.6 Å². The Morgan fingerprint density at radius 1 is 1.16 bits per heavy atom. The van der Waals surface area contributed by atoms with Crippen LogP contribution in [0.15, 0.2) is 36.4 Å². The molecule has 1 heterocycles. The SMILES string of the molecule is CCNCc1c(C)cc(C)nc1Oc1ccccc1. The predicted octanol–water partition coefficient (Wildman–Crippen LogP) is 3.60. The number of rotatable bonds is 5. The first-order valence-corrected chi connectivity index (χ1v) is 6.61. The molecule has 0 saturated heterocycles. The lowest BCUT2D eigenvalue weighted by Crippen LogP contribution is -2.14. The molecule has 1 N–H and O–H groups in total. The first-order valence-electron chi connectivity index (χ1n) is 6.61. The van der Waals surface area contributed by atoms with Gasteiger partial charge in [0, 0.05) is 17.8 Å². The molecular weight excluding hydrogens is 236 g/mol. The minimum Gasteiger partial charge on any atom is -0.439 e. The molecule has 1 aromatic carbocycles. The van der Waals surface area contributed by atoms with E-state index in [9.17, 15) is 0 Å². The molecule has 3 heteroatoms. The van der Waals surface area contributed by atoms with Crippen LogP contribution in [0.5, 0.6) is 11.6 Å². The summed E-state index contributed by atoms with van der Waals surface area (Å²) in [5.41, 5.74) is 3.30. The Kier molecular flexibility index (Phi) is 4.53. The minimum atomic E-state index is 0.699. The molecule has 2 rings (SSSR count). The van der Waals surface area contributed by atoms with Gasteiger partial charge in [-0.15, -0.1) is 0 Å². The molecule has 0 aliphatic rings. The van der Waals surface area contributed by atoms with E-state index in [1.165, 1.54) is 5.56 Å². The molecule has 0 unspecified atom stereocenters. The van der Waals surface area contributed by atoms with Gasteiger partial charge >= 0.3 is 0 Å². The summed E-state index contributed by atoms with van der Waals surface area (Å²) in [4.78, 5) is 4.52. The van der Waals surface area contributed by atoms with Crippen LogP contribution in [0, 0.1) is 13.8 Å². The molecule has 1 aromatic heterocycles. The van der Waals surface area contributed by atoms with Gasteiger partial charge in [0.15, 0.2) is 0 Å². The number of para-hydroxylation sites is 1. The Balaban J connectivity index is 2.31. The fourth-order valence-corrected chi connectivity index (χ4v) is 1.98. The maximum Gasteiger partial charge on any atom is 0.224 e. The number of hydrogen-bond donors (Lipinski definition) is 1. The van der Waals surface area contributed by atoms with E-state index in [1.54, 1.807) is 0 Å². The maximum absolute atomic E-state index is 5.92. The van der Waals surface area contributed by atoms with Crippen molar-refractivity contribution in [1.82, 2.24) is 10.3 Å². The highest BCUT2D eigenvalue weighted by molar-refractivity contribution is 5.38. The van der Waals surface area contributed by atoms with Gasteiger partial charge < -0.3 is 10.1 Å². The topological polar surface area (TPSA) is 34.2 Å².